The number of esters is 1. The quantitative estimate of drug-likeness (QED) is 0.670. The third kappa shape index (κ3) is 4.26. The van der Waals surface area contributed by atoms with E-state index in [1.54, 1.807) is 37.3 Å². The number of methoxy groups -OCH3 is 1. The molecule has 0 saturated carbocycles. The number of carbonyl (C=O) groups is 2. The molecule has 5 nitrogen and oxygen atoms in total. The molecule has 138 valence electrons. The highest BCUT2D eigenvalue weighted by Gasteiger charge is 2.23. The Morgan fingerprint density at radius 2 is 1.85 bits per heavy atom. The Labute approximate surface area is 162 Å². The number of nitrogens with one attached hydrogen (secondary N) is 1. The molecule has 1 atom stereocenters. The number of nitrogens with zero attached hydrogens (tertiary/aromatic N) is 1. The third-order valence-electron chi connectivity index (χ3n) is 4.34. The van der Waals surface area contributed by atoms with E-state index >= 15 is 0 Å². The number of ether oxygens (including phenoxy) is 1. The first-order chi connectivity index (χ1) is 13.0. The fourth-order valence-corrected chi connectivity index (χ4v) is 3.19. The van der Waals surface area contributed by atoms with E-state index in [0.29, 0.717) is 21.8 Å². The lowest BCUT2D eigenvalue weighted by atomic mass is 10.0. The minimum atomic E-state index is -0.607. The summed E-state index contributed by atoms with van der Waals surface area (Å²) in [6.45, 7) is 1.78. The summed E-state index contributed by atoms with van der Waals surface area (Å²) < 4.78 is 4.77. The number of amides is 1. The van der Waals surface area contributed by atoms with Crippen LogP contribution in [0.5, 0.6) is 0 Å². The fourth-order valence-electron chi connectivity index (χ4n) is 2.92. The van der Waals surface area contributed by atoms with Crippen molar-refractivity contribution < 1.29 is 14.3 Å². The van der Waals surface area contributed by atoms with Crippen molar-refractivity contribution in [2.45, 2.75) is 19.4 Å². The number of benzene rings is 2. The summed E-state index contributed by atoms with van der Waals surface area (Å²) in [5.74, 6) is -0.756. The topological polar surface area (TPSA) is 68.3 Å². The second kappa shape index (κ2) is 8.18. The molecular weight excluding hydrogens is 364 g/mol. The molecule has 0 aliphatic rings. The summed E-state index contributed by atoms with van der Waals surface area (Å²) in [5, 5.41) is 4.24. The second-order valence-corrected chi connectivity index (χ2v) is 6.55. The normalized spacial score (nSPS) is 11.8. The molecule has 1 amide bonds. The molecule has 0 saturated heterocycles. The number of para-hydroxylation sites is 1. The van der Waals surface area contributed by atoms with Gasteiger partial charge in [-0.15, -0.1) is 0 Å². The Morgan fingerprint density at radius 3 is 2.59 bits per heavy atom. The molecule has 0 radical (unpaired) electrons. The van der Waals surface area contributed by atoms with Crippen LogP contribution in [0.3, 0.4) is 0 Å². The van der Waals surface area contributed by atoms with Gasteiger partial charge in [-0.3, -0.25) is 14.6 Å². The molecule has 1 N–H and O–H groups in total. The lowest BCUT2D eigenvalue weighted by Gasteiger charge is -2.20. The average Bonchev–Trinajstić information content (AvgIpc) is 2.67. The smallest absolute Gasteiger partial charge is 0.307 e. The zero-order valence-corrected chi connectivity index (χ0v) is 15.8. The van der Waals surface area contributed by atoms with Crippen LogP contribution < -0.4 is 5.32 Å². The lowest BCUT2D eigenvalue weighted by molar-refractivity contribution is -0.141. The van der Waals surface area contributed by atoms with Crippen molar-refractivity contribution >= 4 is 34.4 Å². The molecule has 0 spiro atoms. The first kappa shape index (κ1) is 18.9. The molecule has 1 aromatic heterocycles. The van der Waals surface area contributed by atoms with Crippen molar-refractivity contribution in [3.8, 4) is 0 Å². The van der Waals surface area contributed by atoms with Gasteiger partial charge in [0.05, 0.1) is 36.3 Å². The minimum absolute atomic E-state index is 0.0218. The van der Waals surface area contributed by atoms with Crippen LogP contribution in [0.4, 0.5) is 0 Å². The van der Waals surface area contributed by atoms with Crippen molar-refractivity contribution in [2.24, 2.45) is 0 Å². The van der Waals surface area contributed by atoms with Gasteiger partial charge in [0.15, 0.2) is 0 Å². The highest BCUT2D eigenvalue weighted by Crippen LogP contribution is 2.26. The van der Waals surface area contributed by atoms with Crippen LogP contribution in [0.25, 0.3) is 10.9 Å². The van der Waals surface area contributed by atoms with Crippen LogP contribution in [0.2, 0.25) is 5.02 Å². The summed E-state index contributed by atoms with van der Waals surface area (Å²) >= 11 is 6.27. The molecule has 27 heavy (non-hydrogen) atoms. The number of hydrogen-bond acceptors (Lipinski definition) is 4. The van der Waals surface area contributed by atoms with Gasteiger partial charge in [-0.2, -0.15) is 0 Å². The Kier molecular flexibility index (Phi) is 5.72. The number of aryl methyl sites for hydroxylation is 1. The van der Waals surface area contributed by atoms with Crippen molar-refractivity contribution in [2.75, 3.05) is 7.11 Å². The van der Waals surface area contributed by atoms with E-state index in [2.05, 4.69) is 10.3 Å². The second-order valence-electron chi connectivity index (χ2n) is 6.14. The summed E-state index contributed by atoms with van der Waals surface area (Å²) in [6, 6.07) is 15.9. The molecule has 3 aromatic rings. The Morgan fingerprint density at radius 1 is 1.15 bits per heavy atom. The largest absolute Gasteiger partial charge is 0.469 e. The fraction of sp³-hybridized carbons (Fsp3) is 0.190. The molecule has 1 heterocycles. The van der Waals surface area contributed by atoms with Crippen LogP contribution in [-0.4, -0.2) is 24.0 Å². The number of hydrogen-bond donors (Lipinski definition) is 1. The van der Waals surface area contributed by atoms with Crippen molar-refractivity contribution in [1.29, 1.82) is 0 Å². The maximum absolute atomic E-state index is 12.9. The summed E-state index contributed by atoms with van der Waals surface area (Å²) in [5.41, 5.74) is 2.55. The highest BCUT2D eigenvalue weighted by atomic mass is 35.5. The van der Waals surface area contributed by atoms with E-state index in [4.69, 9.17) is 16.3 Å². The predicted octanol–water partition coefficient (Wildman–Crippen LogP) is 4.23. The molecular formula is C21H19ClN2O3. The van der Waals surface area contributed by atoms with Gasteiger partial charge in [0.1, 0.15) is 0 Å². The summed E-state index contributed by atoms with van der Waals surface area (Å²) in [7, 11) is 1.31. The molecule has 2 aromatic carbocycles. The van der Waals surface area contributed by atoms with Crippen LogP contribution in [0, 0.1) is 6.92 Å². The van der Waals surface area contributed by atoms with Gasteiger partial charge in [-0.1, -0.05) is 48.0 Å². The van der Waals surface area contributed by atoms with Crippen LogP contribution in [-0.2, 0) is 9.53 Å². The number of pyridine rings is 1. The monoisotopic (exact) mass is 382 g/mol. The van der Waals surface area contributed by atoms with E-state index in [0.717, 1.165) is 10.9 Å². The van der Waals surface area contributed by atoms with E-state index in [-0.39, 0.29) is 12.3 Å². The van der Waals surface area contributed by atoms with Gasteiger partial charge in [0.2, 0.25) is 0 Å². The minimum Gasteiger partial charge on any atom is -0.469 e. The molecule has 0 fully saturated rings. The van der Waals surface area contributed by atoms with Crippen molar-refractivity contribution in [1.82, 2.24) is 10.3 Å². The number of halogens is 1. The van der Waals surface area contributed by atoms with E-state index in [9.17, 15) is 9.59 Å². The molecule has 3 rings (SSSR count). The molecule has 6 heteroatoms. The molecule has 1 unspecified atom stereocenters. The lowest BCUT2D eigenvalue weighted by Crippen LogP contribution is -2.31. The highest BCUT2D eigenvalue weighted by molar-refractivity contribution is 6.31. The zero-order chi connectivity index (χ0) is 19.4. The number of rotatable bonds is 5. The predicted molar refractivity (Wildman–Crippen MR) is 105 cm³/mol. The van der Waals surface area contributed by atoms with Crippen LogP contribution >= 0.6 is 11.6 Å². The van der Waals surface area contributed by atoms with Crippen LogP contribution in [0.15, 0.2) is 54.6 Å². The van der Waals surface area contributed by atoms with E-state index in [1.165, 1.54) is 7.11 Å². The summed E-state index contributed by atoms with van der Waals surface area (Å²) in [4.78, 5) is 29.3. The first-order valence-corrected chi connectivity index (χ1v) is 8.86. The maximum atomic E-state index is 12.9. The number of carbonyl (C=O) groups excluding carboxylic acids is 2. The Hall–Kier alpha value is -2.92. The Bertz CT molecular complexity index is 1000. The first-order valence-electron chi connectivity index (χ1n) is 8.48. The van der Waals surface area contributed by atoms with Gasteiger partial charge < -0.3 is 10.1 Å². The standard InChI is InChI=1S/C21H19ClN2O3/c1-13-16(11-14-7-3-6-10-18(14)23-13)21(26)24-19(12-20(25)27-2)15-8-4-5-9-17(15)22/h3-11,19H,12H2,1-2H3,(H,24,26). The van der Waals surface area contributed by atoms with Gasteiger partial charge in [-0.05, 0) is 30.7 Å². The third-order valence-corrected chi connectivity index (χ3v) is 4.69. The number of aromatic nitrogens is 1. The van der Waals surface area contributed by atoms with Gasteiger partial charge in [0.25, 0.3) is 5.91 Å². The van der Waals surface area contributed by atoms with Crippen molar-refractivity contribution in [3.05, 3.63) is 76.4 Å². The van der Waals surface area contributed by atoms with Gasteiger partial charge >= 0.3 is 5.97 Å². The van der Waals surface area contributed by atoms with E-state index in [1.807, 2.05) is 24.3 Å². The van der Waals surface area contributed by atoms with Crippen molar-refractivity contribution in [3.63, 3.8) is 0 Å². The molecule has 0 bridgehead atoms. The summed E-state index contributed by atoms with van der Waals surface area (Å²) in [6.07, 6.45) is -0.0218. The average molecular weight is 383 g/mol. The maximum Gasteiger partial charge on any atom is 0.307 e. The molecule has 0 aliphatic heterocycles. The van der Waals surface area contributed by atoms with Gasteiger partial charge in [-0.25, -0.2) is 0 Å². The number of fused-ring (bicyclic) bond motifs is 1. The Balaban J connectivity index is 1.93. The molecule has 0 aliphatic carbocycles. The van der Waals surface area contributed by atoms with Gasteiger partial charge in [0, 0.05) is 10.4 Å². The van der Waals surface area contributed by atoms with Crippen LogP contribution in [0.1, 0.15) is 34.1 Å². The SMILES string of the molecule is COC(=O)CC(NC(=O)c1cc2ccccc2nc1C)c1ccccc1Cl. The zero-order valence-electron chi connectivity index (χ0n) is 15.0. The van der Waals surface area contributed by atoms with E-state index < -0.39 is 12.0 Å².